The third-order valence-electron chi connectivity index (χ3n) is 6.46. The lowest BCUT2D eigenvalue weighted by molar-refractivity contribution is -0.0869. The van der Waals surface area contributed by atoms with Crippen LogP contribution in [-0.2, 0) is 14.8 Å². The van der Waals surface area contributed by atoms with Crippen LogP contribution in [0.15, 0.2) is 22.9 Å². The van der Waals surface area contributed by atoms with E-state index in [0.717, 1.165) is 19.4 Å². The topological polar surface area (TPSA) is 90.9 Å². The molecule has 1 aliphatic heterocycles. The maximum Gasteiger partial charge on any atom is 0.213 e. The third kappa shape index (κ3) is 7.29. The van der Waals surface area contributed by atoms with E-state index >= 15 is 0 Å². The standard InChI is InChI=1S/C23H43N3O4S/c1-15(2)31(28,29)24-11-9-8-10-23(27)25-21-12-17(4)22(13-16(21)3)26-14-18(5)30-20(7)19(26)6/h13,15,18-21,23-25,27H,8-12,14H2,1-7H3. The molecule has 0 aromatic heterocycles. The number of sulfonamides is 1. The minimum Gasteiger partial charge on any atom is -0.379 e. The number of allylic oxidation sites excluding steroid dienone is 1. The number of nitrogens with zero attached hydrogens (tertiary/aromatic N) is 1. The van der Waals surface area contributed by atoms with Crippen LogP contribution in [0.2, 0.25) is 0 Å². The Kier molecular flexibility index (Phi) is 9.57. The molecule has 1 heterocycles. The molecule has 0 saturated carbocycles. The molecule has 0 spiro atoms. The number of aliphatic hydroxyl groups is 1. The number of hydrogen-bond acceptors (Lipinski definition) is 6. The molecule has 2 rings (SSSR count). The number of rotatable bonds is 10. The van der Waals surface area contributed by atoms with Gasteiger partial charge in [0.2, 0.25) is 10.0 Å². The summed E-state index contributed by atoms with van der Waals surface area (Å²) in [4.78, 5) is 2.46. The molecule has 1 saturated heterocycles. The van der Waals surface area contributed by atoms with Crippen LogP contribution in [0.25, 0.3) is 0 Å². The van der Waals surface area contributed by atoms with Gasteiger partial charge in [0.15, 0.2) is 0 Å². The van der Waals surface area contributed by atoms with Gasteiger partial charge < -0.3 is 14.7 Å². The second kappa shape index (κ2) is 11.3. The summed E-state index contributed by atoms with van der Waals surface area (Å²) < 4.78 is 32.1. The molecule has 5 unspecified atom stereocenters. The maximum atomic E-state index is 11.8. The van der Waals surface area contributed by atoms with E-state index in [1.165, 1.54) is 16.8 Å². The molecular formula is C23H43N3O4S. The van der Waals surface area contributed by atoms with Crippen molar-refractivity contribution in [3.05, 3.63) is 22.9 Å². The molecule has 0 aromatic rings. The highest BCUT2D eigenvalue weighted by Crippen LogP contribution is 2.31. The molecule has 5 atom stereocenters. The quantitative estimate of drug-likeness (QED) is 0.345. The number of nitrogens with one attached hydrogen (secondary N) is 2. The highest BCUT2D eigenvalue weighted by Gasteiger charge is 2.32. The Morgan fingerprint density at radius 3 is 2.55 bits per heavy atom. The lowest BCUT2D eigenvalue weighted by atomic mass is 9.90. The van der Waals surface area contributed by atoms with Crippen molar-refractivity contribution in [3.8, 4) is 0 Å². The lowest BCUT2D eigenvalue weighted by Gasteiger charge is -2.45. The number of morpholine rings is 1. The number of ether oxygens (including phenoxy) is 1. The molecule has 3 N–H and O–H groups in total. The van der Waals surface area contributed by atoms with Gasteiger partial charge in [0.05, 0.1) is 23.5 Å². The first-order chi connectivity index (χ1) is 14.4. The summed E-state index contributed by atoms with van der Waals surface area (Å²) in [6, 6.07) is 0.442. The second-order valence-electron chi connectivity index (χ2n) is 9.52. The normalized spacial score (nSPS) is 28.8. The number of aliphatic hydroxyl groups excluding tert-OH is 1. The molecule has 1 fully saturated rings. The Bertz CT molecular complexity index is 763. The summed E-state index contributed by atoms with van der Waals surface area (Å²) in [6.45, 7) is 15.4. The van der Waals surface area contributed by atoms with Gasteiger partial charge in [-0.1, -0.05) is 5.57 Å². The van der Waals surface area contributed by atoms with Crippen molar-refractivity contribution < 1.29 is 18.3 Å². The van der Waals surface area contributed by atoms with Crippen LogP contribution in [0.3, 0.4) is 0 Å². The molecule has 0 aromatic carbocycles. The van der Waals surface area contributed by atoms with Gasteiger partial charge >= 0.3 is 0 Å². The Hall–Kier alpha value is -0.930. The van der Waals surface area contributed by atoms with Gasteiger partial charge in [-0.05, 0) is 85.8 Å². The van der Waals surface area contributed by atoms with E-state index in [9.17, 15) is 13.5 Å². The van der Waals surface area contributed by atoms with Crippen LogP contribution in [0, 0.1) is 0 Å². The average Bonchev–Trinajstić information content (AvgIpc) is 2.67. The lowest BCUT2D eigenvalue weighted by Crippen LogP contribution is -2.51. The monoisotopic (exact) mass is 457 g/mol. The molecule has 7 nitrogen and oxygen atoms in total. The SMILES string of the molecule is CC1=CC(N2CC(C)OC(C)C2C)=C(C)CC1NC(O)CCCCNS(=O)(=O)C(C)C. The predicted octanol–water partition coefficient (Wildman–Crippen LogP) is 2.88. The van der Waals surface area contributed by atoms with E-state index in [-0.39, 0.29) is 18.2 Å². The summed E-state index contributed by atoms with van der Waals surface area (Å²) in [5.41, 5.74) is 3.84. The predicted molar refractivity (Wildman–Crippen MR) is 126 cm³/mol. The minimum absolute atomic E-state index is 0.115. The van der Waals surface area contributed by atoms with Crippen LogP contribution < -0.4 is 10.0 Å². The molecule has 0 bridgehead atoms. The van der Waals surface area contributed by atoms with E-state index in [1.54, 1.807) is 13.8 Å². The van der Waals surface area contributed by atoms with E-state index in [1.807, 2.05) is 0 Å². The van der Waals surface area contributed by atoms with E-state index in [4.69, 9.17) is 4.74 Å². The van der Waals surface area contributed by atoms with Gasteiger partial charge in [0.25, 0.3) is 0 Å². The Labute approximate surface area is 189 Å². The van der Waals surface area contributed by atoms with E-state index in [2.05, 4.69) is 55.6 Å². The van der Waals surface area contributed by atoms with Gasteiger partial charge in [-0.3, -0.25) is 5.32 Å². The maximum absolute atomic E-state index is 11.8. The number of unbranched alkanes of at least 4 members (excludes halogenated alkanes) is 1. The second-order valence-corrected chi connectivity index (χ2v) is 11.8. The van der Waals surface area contributed by atoms with Gasteiger partial charge in [-0.15, -0.1) is 0 Å². The van der Waals surface area contributed by atoms with Crippen molar-refractivity contribution in [1.82, 2.24) is 14.9 Å². The van der Waals surface area contributed by atoms with Crippen molar-refractivity contribution in [2.45, 2.75) is 110 Å². The van der Waals surface area contributed by atoms with Crippen LogP contribution in [-0.4, -0.2) is 67.3 Å². The summed E-state index contributed by atoms with van der Waals surface area (Å²) >= 11 is 0. The molecule has 1 aliphatic carbocycles. The molecule has 180 valence electrons. The zero-order valence-corrected chi connectivity index (χ0v) is 21.1. The largest absolute Gasteiger partial charge is 0.379 e. The van der Waals surface area contributed by atoms with Gasteiger partial charge in [0.1, 0.15) is 6.23 Å². The Morgan fingerprint density at radius 2 is 1.90 bits per heavy atom. The Balaban J connectivity index is 1.83. The zero-order valence-electron chi connectivity index (χ0n) is 20.3. The minimum atomic E-state index is -3.21. The van der Waals surface area contributed by atoms with Crippen molar-refractivity contribution in [2.75, 3.05) is 13.1 Å². The van der Waals surface area contributed by atoms with Crippen molar-refractivity contribution >= 4 is 10.0 Å². The first-order valence-corrected chi connectivity index (χ1v) is 13.2. The fourth-order valence-corrected chi connectivity index (χ4v) is 4.99. The fourth-order valence-electron chi connectivity index (χ4n) is 4.23. The highest BCUT2D eigenvalue weighted by atomic mass is 32.2. The highest BCUT2D eigenvalue weighted by molar-refractivity contribution is 7.90. The van der Waals surface area contributed by atoms with Gasteiger partial charge in [-0.25, -0.2) is 13.1 Å². The first-order valence-electron chi connectivity index (χ1n) is 11.6. The molecule has 0 radical (unpaired) electrons. The zero-order chi connectivity index (χ0) is 23.3. The fraction of sp³-hybridized carbons (Fsp3) is 0.826. The summed E-state index contributed by atoms with van der Waals surface area (Å²) in [5.74, 6) is 0. The van der Waals surface area contributed by atoms with Crippen LogP contribution in [0.1, 0.15) is 74.1 Å². The van der Waals surface area contributed by atoms with E-state index in [0.29, 0.717) is 25.4 Å². The van der Waals surface area contributed by atoms with Crippen molar-refractivity contribution in [3.63, 3.8) is 0 Å². The van der Waals surface area contributed by atoms with Crippen LogP contribution >= 0.6 is 0 Å². The molecular weight excluding hydrogens is 414 g/mol. The molecule has 0 amide bonds. The smallest absolute Gasteiger partial charge is 0.213 e. The van der Waals surface area contributed by atoms with Crippen LogP contribution in [0.4, 0.5) is 0 Å². The van der Waals surface area contributed by atoms with Crippen LogP contribution in [0.5, 0.6) is 0 Å². The molecule has 31 heavy (non-hydrogen) atoms. The van der Waals surface area contributed by atoms with Gasteiger partial charge in [0, 0.05) is 24.8 Å². The summed E-state index contributed by atoms with van der Waals surface area (Å²) in [5, 5.41) is 13.4. The first kappa shape index (κ1) is 26.3. The third-order valence-corrected chi connectivity index (χ3v) is 8.31. The van der Waals surface area contributed by atoms with Crippen molar-refractivity contribution in [1.29, 1.82) is 0 Å². The molecule has 2 aliphatic rings. The Morgan fingerprint density at radius 1 is 1.23 bits per heavy atom. The van der Waals surface area contributed by atoms with E-state index < -0.39 is 21.5 Å². The number of hydrogen-bond donors (Lipinski definition) is 3. The molecule has 8 heteroatoms. The van der Waals surface area contributed by atoms with Gasteiger partial charge in [-0.2, -0.15) is 0 Å². The van der Waals surface area contributed by atoms with Crippen molar-refractivity contribution in [2.24, 2.45) is 0 Å². The summed E-state index contributed by atoms with van der Waals surface area (Å²) in [7, 11) is -3.21. The average molecular weight is 458 g/mol. The summed E-state index contributed by atoms with van der Waals surface area (Å²) in [6.07, 6.45) is 4.98.